The van der Waals surface area contributed by atoms with Gasteiger partial charge in [-0.1, -0.05) is 50.1 Å². The van der Waals surface area contributed by atoms with E-state index in [0.717, 1.165) is 16.7 Å². The number of rotatable bonds is 8. The number of hydrogen-bond acceptors (Lipinski definition) is 10. The highest BCUT2D eigenvalue weighted by Crippen LogP contribution is 2.71. The first-order valence-corrected chi connectivity index (χ1v) is 17.2. The zero-order chi connectivity index (χ0) is 36.2. The highest BCUT2D eigenvalue weighted by molar-refractivity contribution is 5.88. The molecule has 0 spiro atoms. The van der Waals surface area contributed by atoms with E-state index in [-0.39, 0.29) is 31.6 Å². The number of esters is 3. The maximum atomic E-state index is 13.3. The van der Waals surface area contributed by atoms with Crippen LogP contribution in [0.4, 0.5) is 0 Å². The number of fused-ring (bicyclic) bond motifs is 5. The van der Waals surface area contributed by atoms with Gasteiger partial charge in [-0.05, 0) is 94.4 Å². The van der Waals surface area contributed by atoms with Crippen molar-refractivity contribution >= 4 is 29.8 Å². The first-order chi connectivity index (χ1) is 22.8. The van der Waals surface area contributed by atoms with Gasteiger partial charge in [0.1, 0.15) is 34.8 Å². The Hall–Kier alpha value is -3.60. The van der Waals surface area contributed by atoms with Crippen molar-refractivity contribution in [1.82, 2.24) is 0 Å². The lowest BCUT2D eigenvalue weighted by Crippen LogP contribution is -2.78. The van der Waals surface area contributed by atoms with Gasteiger partial charge in [0.2, 0.25) is 0 Å². The molecule has 10 heteroatoms. The molecule has 0 aromatic heterocycles. The van der Waals surface area contributed by atoms with Crippen molar-refractivity contribution in [2.24, 2.45) is 22.7 Å². The molecular formula is C39H50O10. The van der Waals surface area contributed by atoms with E-state index in [0.29, 0.717) is 25.0 Å². The van der Waals surface area contributed by atoms with Crippen LogP contribution in [0, 0.1) is 22.7 Å². The second-order valence-electron chi connectivity index (χ2n) is 15.3. The molecular weight excluding hydrogens is 628 g/mol. The Bertz CT molecular complexity index is 1610. The molecule has 1 aromatic rings. The number of carbonyl (C=O) groups is 4. The first kappa shape index (κ1) is 36.7. The van der Waals surface area contributed by atoms with E-state index in [1.807, 2.05) is 33.8 Å². The lowest BCUT2D eigenvalue weighted by Gasteiger charge is -2.67. The predicted octanol–water partition coefficient (Wildman–Crippen LogP) is 5.17. The van der Waals surface area contributed by atoms with Crippen LogP contribution >= 0.6 is 0 Å². The Labute approximate surface area is 288 Å². The number of carbonyl (C=O) groups excluding carboxylic acids is 4. The van der Waals surface area contributed by atoms with Gasteiger partial charge in [0, 0.05) is 31.4 Å². The zero-order valence-electron chi connectivity index (χ0n) is 29.6. The average Bonchev–Trinajstić information content (AvgIpc) is 3.26. The van der Waals surface area contributed by atoms with Gasteiger partial charge >= 0.3 is 17.9 Å². The summed E-state index contributed by atoms with van der Waals surface area (Å²) in [6.45, 7) is 11.9. The summed E-state index contributed by atoms with van der Waals surface area (Å²) in [7, 11) is 0. The van der Waals surface area contributed by atoms with Gasteiger partial charge in [-0.3, -0.25) is 9.59 Å². The lowest BCUT2D eigenvalue weighted by molar-refractivity contribution is -0.314. The Balaban J connectivity index is 1.39. The summed E-state index contributed by atoms with van der Waals surface area (Å²) in [6.07, 6.45) is 6.38. The third-order valence-corrected chi connectivity index (χ3v) is 12.5. The summed E-state index contributed by atoms with van der Waals surface area (Å²) >= 11 is 0. The molecule has 0 aliphatic heterocycles. The molecule has 266 valence electrons. The van der Waals surface area contributed by atoms with Crippen molar-refractivity contribution in [2.45, 2.75) is 122 Å². The molecule has 0 radical (unpaired) electrons. The van der Waals surface area contributed by atoms with Crippen molar-refractivity contribution in [1.29, 1.82) is 0 Å². The monoisotopic (exact) mass is 678 g/mol. The van der Waals surface area contributed by atoms with Crippen molar-refractivity contribution in [3.8, 4) is 5.75 Å². The van der Waals surface area contributed by atoms with E-state index < -0.39 is 69.5 Å². The quantitative estimate of drug-likeness (QED) is 0.145. The minimum absolute atomic E-state index is 0.0419. The highest BCUT2D eigenvalue weighted by atomic mass is 16.6. The molecule has 1 aromatic carbocycles. The largest absolute Gasteiger partial charge is 0.459 e. The Morgan fingerprint density at radius 2 is 1.59 bits per heavy atom. The van der Waals surface area contributed by atoms with Crippen LogP contribution in [0.15, 0.2) is 53.6 Å². The SMILES string of the molecule is CC(=O)Oc1ccc(/C=C/C(=O)O[C@H]2CC[C@@]3(C)C(=CC[C@]4(O)C3C[C@@H](OC(=O)/C=C(\C)C(C)C)[C@@]3(C)[C@]4(O)CC[C@@]3(O)C(C)=O)C2)cc1. The molecule has 1 unspecified atom stereocenters. The number of hydrogen-bond donors (Lipinski definition) is 3. The maximum absolute atomic E-state index is 13.3. The summed E-state index contributed by atoms with van der Waals surface area (Å²) in [5, 5.41) is 37.2. The van der Waals surface area contributed by atoms with Gasteiger partial charge in [-0.2, -0.15) is 0 Å². The number of benzene rings is 1. The Morgan fingerprint density at radius 1 is 0.918 bits per heavy atom. The van der Waals surface area contributed by atoms with Crippen molar-refractivity contribution in [3.63, 3.8) is 0 Å². The lowest BCUT2D eigenvalue weighted by atomic mass is 9.42. The minimum atomic E-state index is -2.02. The molecule has 8 atom stereocenters. The summed E-state index contributed by atoms with van der Waals surface area (Å²) in [6, 6.07) is 6.71. The summed E-state index contributed by atoms with van der Waals surface area (Å²) in [5.74, 6) is -2.16. The van der Waals surface area contributed by atoms with E-state index in [9.17, 15) is 34.5 Å². The number of Topliss-reactive ketones (excluding diaryl/α,β-unsaturated/α-hetero) is 1. The van der Waals surface area contributed by atoms with Gasteiger partial charge in [0.15, 0.2) is 5.78 Å². The van der Waals surface area contributed by atoms with Gasteiger partial charge in [-0.15, -0.1) is 0 Å². The number of allylic oxidation sites excluding steroid dienone is 1. The molecule has 0 bridgehead atoms. The molecule has 0 heterocycles. The summed E-state index contributed by atoms with van der Waals surface area (Å²) in [4.78, 5) is 50.3. The number of ketones is 1. The van der Waals surface area contributed by atoms with Gasteiger partial charge in [0.05, 0.1) is 5.41 Å². The van der Waals surface area contributed by atoms with Crippen LogP contribution in [0.2, 0.25) is 0 Å². The fraction of sp³-hybridized carbons (Fsp3) is 0.590. The molecule has 4 aliphatic rings. The molecule has 3 saturated carbocycles. The molecule has 3 N–H and O–H groups in total. The van der Waals surface area contributed by atoms with Crippen molar-refractivity contribution in [3.05, 3.63) is 59.2 Å². The van der Waals surface area contributed by atoms with Crippen LogP contribution in [-0.2, 0) is 28.7 Å². The van der Waals surface area contributed by atoms with E-state index >= 15 is 0 Å². The zero-order valence-corrected chi connectivity index (χ0v) is 29.6. The van der Waals surface area contributed by atoms with Crippen LogP contribution in [0.25, 0.3) is 6.08 Å². The minimum Gasteiger partial charge on any atom is -0.459 e. The topological polar surface area (TPSA) is 157 Å². The number of aliphatic hydroxyl groups is 3. The highest BCUT2D eigenvalue weighted by Gasteiger charge is 2.81. The maximum Gasteiger partial charge on any atom is 0.331 e. The molecule has 0 amide bonds. The van der Waals surface area contributed by atoms with Crippen LogP contribution in [-0.4, -0.2) is 68.0 Å². The second kappa shape index (κ2) is 12.9. The molecule has 49 heavy (non-hydrogen) atoms. The van der Waals surface area contributed by atoms with E-state index in [2.05, 4.69) is 0 Å². The number of ether oxygens (including phenoxy) is 3. The van der Waals surface area contributed by atoms with Crippen molar-refractivity contribution < 1.29 is 48.7 Å². The van der Waals surface area contributed by atoms with Gasteiger partial charge < -0.3 is 29.5 Å². The van der Waals surface area contributed by atoms with Gasteiger partial charge in [0.25, 0.3) is 0 Å². The second-order valence-corrected chi connectivity index (χ2v) is 15.3. The van der Waals surface area contributed by atoms with Gasteiger partial charge in [-0.25, -0.2) is 9.59 Å². The van der Waals surface area contributed by atoms with Crippen LogP contribution in [0.1, 0.15) is 99.0 Å². The summed E-state index contributed by atoms with van der Waals surface area (Å²) in [5.41, 5.74) is -5.46. The van der Waals surface area contributed by atoms with Crippen LogP contribution in [0.3, 0.4) is 0 Å². The fourth-order valence-corrected chi connectivity index (χ4v) is 9.16. The van der Waals surface area contributed by atoms with Crippen molar-refractivity contribution in [2.75, 3.05) is 0 Å². The predicted molar refractivity (Wildman–Crippen MR) is 181 cm³/mol. The third-order valence-electron chi connectivity index (χ3n) is 12.5. The Kier molecular flexibility index (Phi) is 9.68. The van der Waals surface area contributed by atoms with E-state index in [1.165, 1.54) is 26.0 Å². The summed E-state index contributed by atoms with van der Waals surface area (Å²) < 4.78 is 17.0. The normalized spacial score (nSPS) is 37.1. The van der Waals surface area contributed by atoms with Crippen LogP contribution < -0.4 is 4.74 Å². The average molecular weight is 679 g/mol. The standard InChI is InChI=1S/C39H50O10/c1-23(2)24(3)20-34(43)49-32-22-31-35(6)16-15-30(48-33(42)13-10-27-8-11-29(12-9-27)47-26(5)41)21-28(35)14-17-38(31,45)39(46)19-18-37(44,25(4)40)36(32,39)7/h8-14,20,23,30-32,44-46H,15-19,21-22H2,1-7H3/b13-10+,24-20+/t30-,31?,32+,35-,36+,37+,38-,39+/m0/s1. The first-order valence-electron chi connectivity index (χ1n) is 17.2. The molecule has 5 rings (SSSR count). The molecule has 3 fully saturated rings. The third kappa shape index (κ3) is 5.99. The fourth-order valence-electron chi connectivity index (χ4n) is 9.16. The molecule has 10 nitrogen and oxygen atoms in total. The Morgan fingerprint density at radius 3 is 2.20 bits per heavy atom. The van der Waals surface area contributed by atoms with Crippen LogP contribution in [0.5, 0.6) is 5.75 Å². The molecule has 0 saturated heterocycles. The molecule has 4 aliphatic carbocycles. The van der Waals surface area contributed by atoms with E-state index in [1.54, 1.807) is 37.3 Å². The van der Waals surface area contributed by atoms with E-state index in [4.69, 9.17) is 14.2 Å². The smallest absolute Gasteiger partial charge is 0.331 e.